The monoisotopic (exact) mass is 254 g/mol. The Kier molecular flexibility index (Phi) is 7.34. The van der Waals surface area contributed by atoms with Gasteiger partial charge in [-0.2, -0.15) is 5.26 Å². The number of likely N-dealkylation sites (tertiary alicyclic amines) is 1. The third-order valence-electron chi connectivity index (χ3n) is 2.97. The van der Waals surface area contributed by atoms with Crippen LogP contribution in [-0.2, 0) is 9.53 Å². The predicted octanol–water partition coefficient (Wildman–Crippen LogP) is -0.544. The largest absolute Gasteiger partial charge is 0.378 e. The Bertz CT molecular complexity index is 282. The molecule has 0 atom stereocenters. The van der Waals surface area contributed by atoms with Gasteiger partial charge in [0.25, 0.3) is 0 Å². The summed E-state index contributed by atoms with van der Waals surface area (Å²) in [6, 6.07) is 1.89. The summed E-state index contributed by atoms with van der Waals surface area (Å²) in [5.41, 5.74) is 5.41. The maximum atomic E-state index is 11.4. The van der Waals surface area contributed by atoms with Crippen molar-refractivity contribution in [2.45, 2.75) is 25.4 Å². The van der Waals surface area contributed by atoms with E-state index in [-0.39, 0.29) is 12.5 Å². The fourth-order valence-electron chi connectivity index (χ4n) is 1.96. The minimum atomic E-state index is -0.0842. The van der Waals surface area contributed by atoms with Crippen LogP contribution in [0.3, 0.4) is 0 Å². The first-order chi connectivity index (χ1) is 8.76. The van der Waals surface area contributed by atoms with E-state index in [9.17, 15) is 4.79 Å². The van der Waals surface area contributed by atoms with Crippen LogP contribution in [0.1, 0.15) is 19.3 Å². The molecule has 6 nitrogen and oxygen atoms in total. The first-order valence-corrected chi connectivity index (χ1v) is 6.44. The number of hydrogen-bond acceptors (Lipinski definition) is 5. The molecule has 1 amide bonds. The molecule has 0 aliphatic carbocycles. The molecule has 0 saturated carbocycles. The zero-order valence-electron chi connectivity index (χ0n) is 10.7. The Morgan fingerprint density at radius 1 is 1.50 bits per heavy atom. The second-order valence-electron chi connectivity index (χ2n) is 4.42. The summed E-state index contributed by atoms with van der Waals surface area (Å²) in [5.74, 6) is -0.0842. The Labute approximate surface area is 108 Å². The van der Waals surface area contributed by atoms with Crippen LogP contribution < -0.4 is 11.1 Å². The number of nitrogens with one attached hydrogen (secondary N) is 1. The second-order valence-corrected chi connectivity index (χ2v) is 4.42. The summed E-state index contributed by atoms with van der Waals surface area (Å²) in [7, 11) is 0. The lowest BCUT2D eigenvalue weighted by molar-refractivity contribution is -0.122. The van der Waals surface area contributed by atoms with Crippen LogP contribution in [0.5, 0.6) is 0 Å². The Balaban J connectivity index is 2.11. The molecule has 1 saturated heterocycles. The number of nitriles is 1. The molecule has 0 bridgehead atoms. The van der Waals surface area contributed by atoms with Crippen LogP contribution in [0.15, 0.2) is 0 Å². The average Bonchev–Trinajstić information content (AvgIpc) is 2.39. The van der Waals surface area contributed by atoms with Crippen molar-refractivity contribution in [3.8, 4) is 6.07 Å². The fraction of sp³-hybridized carbons (Fsp3) is 0.833. The summed E-state index contributed by atoms with van der Waals surface area (Å²) in [4.78, 5) is 13.5. The van der Waals surface area contributed by atoms with Crippen LogP contribution in [0, 0.1) is 11.3 Å². The number of piperidine rings is 1. The van der Waals surface area contributed by atoms with Gasteiger partial charge >= 0.3 is 0 Å². The Hall–Kier alpha value is -1.16. The summed E-state index contributed by atoms with van der Waals surface area (Å²) < 4.78 is 5.69. The highest BCUT2D eigenvalue weighted by Gasteiger charge is 2.20. The van der Waals surface area contributed by atoms with E-state index < -0.39 is 0 Å². The normalized spacial score (nSPS) is 17.3. The van der Waals surface area contributed by atoms with Gasteiger partial charge in [0, 0.05) is 19.7 Å². The summed E-state index contributed by atoms with van der Waals surface area (Å²) in [5, 5.41) is 10.9. The van der Waals surface area contributed by atoms with Crippen LogP contribution in [0.4, 0.5) is 0 Å². The van der Waals surface area contributed by atoms with E-state index in [1.807, 2.05) is 6.07 Å². The third-order valence-corrected chi connectivity index (χ3v) is 2.97. The maximum absolute atomic E-state index is 11.4. The van der Waals surface area contributed by atoms with Gasteiger partial charge in [-0.1, -0.05) is 0 Å². The predicted molar refractivity (Wildman–Crippen MR) is 67.7 cm³/mol. The highest BCUT2D eigenvalue weighted by molar-refractivity contribution is 5.78. The van der Waals surface area contributed by atoms with Crippen LogP contribution >= 0.6 is 0 Å². The zero-order chi connectivity index (χ0) is 13.2. The molecule has 6 heteroatoms. The number of amides is 1. The van der Waals surface area contributed by atoms with Crippen LogP contribution in [-0.4, -0.2) is 56.2 Å². The highest BCUT2D eigenvalue weighted by Crippen LogP contribution is 2.13. The number of hydrogen-bond donors (Lipinski definition) is 2. The molecule has 0 aromatic heterocycles. The SMILES string of the molecule is N#CCNC(=O)CN1CCC(OCCCN)CC1. The average molecular weight is 254 g/mol. The van der Waals surface area contributed by atoms with E-state index in [4.69, 9.17) is 15.7 Å². The lowest BCUT2D eigenvalue weighted by Crippen LogP contribution is -2.43. The standard InChI is InChI=1S/C12H22N4O2/c13-4-1-9-18-11-2-7-16(8-3-11)10-12(17)15-6-5-14/h11H,1-4,6-10,13H2,(H,15,17). The van der Waals surface area contributed by atoms with Crippen molar-refractivity contribution in [3.05, 3.63) is 0 Å². The number of carbonyl (C=O) groups excluding carboxylic acids is 1. The van der Waals surface area contributed by atoms with Gasteiger partial charge in [0.05, 0.1) is 18.7 Å². The number of rotatable bonds is 7. The summed E-state index contributed by atoms with van der Waals surface area (Å²) in [6.45, 7) is 3.58. The molecule has 0 radical (unpaired) electrons. The van der Waals surface area contributed by atoms with Gasteiger partial charge in [0.1, 0.15) is 6.54 Å². The summed E-state index contributed by atoms with van der Waals surface area (Å²) in [6.07, 6.45) is 3.11. The molecule has 0 spiro atoms. The Morgan fingerprint density at radius 2 is 2.22 bits per heavy atom. The number of carbonyl (C=O) groups is 1. The van der Waals surface area contributed by atoms with Crippen LogP contribution in [0.25, 0.3) is 0 Å². The van der Waals surface area contributed by atoms with Crippen molar-refractivity contribution in [1.82, 2.24) is 10.2 Å². The molecule has 0 aromatic rings. The van der Waals surface area contributed by atoms with E-state index in [0.717, 1.165) is 39.0 Å². The molecule has 18 heavy (non-hydrogen) atoms. The smallest absolute Gasteiger partial charge is 0.235 e. The molecule has 0 unspecified atom stereocenters. The molecule has 102 valence electrons. The first-order valence-electron chi connectivity index (χ1n) is 6.44. The van der Waals surface area contributed by atoms with Gasteiger partial charge in [-0.25, -0.2) is 0 Å². The molecular formula is C12H22N4O2. The maximum Gasteiger partial charge on any atom is 0.235 e. The van der Waals surface area contributed by atoms with Crippen molar-refractivity contribution in [2.24, 2.45) is 5.73 Å². The Morgan fingerprint density at radius 3 is 2.83 bits per heavy atom. The molecule has 0 aromatic carbocycles. The van der Waals surface area contributed by atoms with Gasteiger partial charge in [-0.3, -0.25) is 9.69 Å². The van der Waals surface area contributed by atoms with Crippen molar-refractivity contribution >= 4 is 5.91 Å². The number of nitrogens with two attached hydrogens (primary N) is 1. The van der Waals surface area contributed by atoms with E-state index in [1.54, 1.807) is 0 Å². The molecule has 1 fully saturated rings. The van der Waals surface area contributed by atoms with Crippen LogP contribution in [0.2, 0.25) is 0 Å². The zero-order valence-corrected chi connectivity index (χ0v) is 10.7. The second kappa shape index (κ2) is 8.86. The topological polar surface area (TPSA) is 91.4 Å². The fourth-order valence-corrected chi connectivity index (χ4v) is 1.96. The number of nitrogens with zero attached hydrogens (tertiary/aromatic N) is 2. The molecule has 3 N–H and O–H groups in total. The van der Waals surface area contributed by atoms with Gasteiger partial charge in [0.2, 0.25) is 5.91 Å². The molecular weight excluding hydrogens is 232 g/mol. The van der Waals surface area contributed by atoms with Gasteiger partial charge in [-0.15, -0.1) is 0 Å². The first kappa shape index (κ1) is 14.9. The molecule has 1 heterocycles. The van der Waals surface area contributed by atoms with E-state index in [2.05, 4.69) is 10.2 Å². The highest BCUT2D eigenvalue weighted by atomic mass is 16.5. The minimum absolute atomic E-state index is 0.0809. The van der Waals surface area contributed by atoms with Gasteiger partial charge < -0.3 is 15.8 Å². The van der Waals surface area contributed by atoms with Gasteiger partial charge in [-0.05, 0) is 25.8 Å². The third kappa shape index (κ3) is 5.96. The van der Waals surface area contributed by atoms with E-state index in [0.29, 0.717) is 19.2 Å². The van der Waals surface area contributed by atoms with Crippen molar-refractivity contribution in [1.29, 1.82) is 5.26 Å². The lowest BCUT2D eigenvalue weighted by atomic mass is 10.1. The number of ether oxygens (including phenoxy) is 1. The quantitative estimate of drug-likeness (QED) is 0.470. The minimum Gasteiger partial charge on any atom is -0.378 e. The summed E-state index contributed by atoms with van der Waals surface area (Å²) >= 11 is 0. The molecule has 1 aliphatic heterocycles. The van der Waals surface area contributed by atoms with E-state index >= 15 is 0 Å². The van der Waals surface area contributed by atoms with E-state index in [1.165, 1.54) is 0 Å². The molecule has 1 aliphatic rings. The lowest BCUT2D eigenvalue weighted by Gasteiger charge is -2.31. The molecule has 1 rings (SSSR count). The van der Waals surface area contributed by atoms with Crippen molar-refractivity contribution < 1.29 is 9.53 Å². The van der Waals surface area contributed by atoms with Gasteiger partial charge in [0.15, 0.2) is 0 Å². The van der Waals surface area contributed by atoms with Crippen molar-refractivity contribution in [3.63, 3.8) is 0 Å². The van der Waals surface area contributed by atoms with Crippen molar-refractivity contribution in [2.75, 3.05) is 39.3 Å².